The Balaban J connectivity index is 1.71. The minimum absolute atomic E-state index is 0.0532. The summed E-state index contributed by atoms with van der Waals surface area (Å²) in [6.45, 7) is 5.41. The summed E-state index contributed by atoms with van der Waals surface area (Å²) in [6, 6.07) is -1.05. The van der Waals surface area contributed by atoms with Gasteiger partial charge in [-0.2, -0.15) is 0 Å². The highest BCUT2D eigenvalue weighted by molar-refractivity contribution is 5.83. The van der Waals surface area contributed by atoms with Crippen LogP contribution >= 0.6 is 0 Å². The van der Waals surface area contributed by atoms with E-state index in [1.807, 2.05) is 6.08 Å². The number of carboxylic acid groups (broad SMARTS) is 1. The lowest BCUT2D eigenvalue weighted by atomic mass is 9.84. The van der Waals surface area contributed by atoms with E-state index in [-0.39, 0.29) is 18.1 Å². The van der Waals surface area contributed by atoms with E-state index in [1.165, 1.54) is 0 Å². The van der Waals surface area contributed by atoms with Crippen molar-refractivity contribution in [3.8, 4) is 0 Å². The van der Waals surface area contributed by atoms with E-state index in [0.29, 0.717) is 19.7 Å². The fourth-order valence-corrected chi connectivity index (χ4v) is 3.26. The molecule has 6 nitrogen and oxygen atoms in total. The molecule has 2 rings (SSSR count). The average Bonchev–Trinajstić information content (AvgIpc) is 2.51. The van der Waals surface area contributed by atoms with Crippen LogP contribution < -0.4 is 5.32 Å². The molecular formula is C17H28N2O4. The summed E-state index contributed by atoms with van der Waals surface area (Å²) in [6.07, 6.45) is 8.83. The Hall–Kier alpha value is -1.56. The Morgan fingerprint density at radius 1 is 1.30 bits per heavy atom. The molecule has 2 fully saturated rings. The number of carboxylic acids is 1. The van der Waals surface area contributed by atoms with Gasteiger partial charge < -0.3 is 20.1 Å². The van der Waals surface area contributed by atoms with Crippen LogP contribution in [0.25, 0.3) is 0 Å². The molecule has 0 bridgehead atoms. The van der Waals surface area contributed by atoms with Gasteiger partial charge in [0.2, 0.25) is 0 Å². The molecule has 1 saturated heterocycles. The van der Waals surface area contributed by atoms with Crippen LogP contribution in [-0.2, 0) is 9.53 Å². The van der Waals surface area contributed by atoms with Crippen molar-refractivity contribution in [2.24, 2.45) is 5.92 Å². The van der Waals surface area contributed by atoms with E-state index in [2.05, 4.69) is 11.9 Å². The molecule has 1 aliphatic heterocycles. The Kier molecular flexibility index (Phi) is 6.89. The normalized spacial score (nSPS) is 20.6. The SMILES string of the molecule is C=CCCCOC1CN(C(=O)NC(C(=O)O)C2CCCCC2)C1. The van der Waals surface area contributed by atoms with Crippen LogP contribution in [0, 0.1) is 5.92 Å². The first-order valence-electron chi connectivity index (χ1n) is 8.62. The number of amides is 2. The van der Waals surface area contributed by atoms with Crippen molar-refractivity contribution in [3.63, 3.8) is 0 Å². The smallest absolute Gasteiger partial charge is 0.326 e. The number of nitrogens with one attached hydrogen (secondary N) is 1. The number of aliphatic carboxylic acids is 1. The van der Waals surface area contributed by atoms with Crippen LogP contribution in [0.15, 0.2) is 12.7 Å². The number of unbranched alkanes of at least 4 members (excludes halogenated alkanes) is 1. The van der Waals surface area contributed by atoms with Crippen LogP contribution in [0.2, 0.25) is 0 Å². The van der Waals surface area contributed by atoms with Gasteiger partial charge in [-0.05, 0) is 31.6 Å². The molecule has 23 heavy (non-hydrogen) atoms. The highest BCUT2D eigenvalue weighted by atomic mass is 16.5. The summed E-state index contributed by atoms with van der Waals surface area (Å²) in [4.78, 5) is 25.3. The van der Waals surface area contributed by atoms with Crippen LogP contribution in [0.3, 0.4) is 0 Å². The molecule has 130 valence electrons. The van der Waals surface area contributed by atoms with Crippen molar-refractivity contribution in [1.82, 2.24) is 10.2 Å². The third-order valence-electron chi connectivity index (χ3n) is 4.71. The minimum Gasteiger partial charge on any atom is -0.480 e. The zero-order chi connectivity index (χ0) is 16.7. The third-order valence-corrected chi connectivity index (χ3v) is 4.71. The maximum absolute atomic E-state index is 12.2. The van der Waals surface area contributed by atoms with Gasteiger partial charge in [0, 0.05) is 6.61 Å². The number of ether oxygens (including phenoxy) is 1. The zero-order valence-corrected chi connectivity index (χ0v) is 13.7. The Morgan fingerprint density at radius 2 is 2.00 bits per heavy atom. The average molecular weight is 324 g/mol. The van der Waals surface area contributed by atoms with Gasteiger partial charge in [0.05, 0.1) is 19.2 Å². The number of urea groups is 1. The molecule has 0 aromatic rings. The van der Waals surface area contributed by atoms with Crippen molar-refractivity contribution in [1.29, 1.82) is 0 Å². The lowest BCUT2D eigenvalue weighted by Crippen LogP contribution is -2.60. The van der Waals surface area contributed by atoms with Crippen LogP contribution in [0.1, 0.15) is 44.9 Å². The van der Waals surface area contributed by atoms with E-state index < -0.39 is 12.0 Å². The summed E-state index contributed by atoms with van der Waals surface area (Å²) >= 11 is 0. The quantitative estimate of drug-likeness (QED) is 0.531. The zero-order valence-electron chi connectivity index (χ0n) is 13.7. The van der Waals surface area contributed by atoms with Gasteiger partial charge in [0.25, 0.3) is 0 Å². The lowest BCUT2D eigenvalue weighted by Gasteiger charge is -2.40. The van der Waals surface area contributed by atoms with E-state index in [4.69, 9.17) is 4.74 Å². The van der Waals surface area contributed by atoms with Gasteiger partial charge in [-0.3, -0.25) is 0 Å². The van der Waals surface area contributed by atoms with Crippen LogP contribution in [0.4, 0.5) is 4.79 Å². The molecule has 1 atom stereocenters. The number of likely N-dealkylation sites (tertiary alicyclic amines) is 1. The summed E-state index contributed by atoms with van der Waals surface area (Å²) in [5, 5.41) is 12.1. The van der Waals surface area contributed by atoms with E-state index in [1.54, 1.807) is 4.90 Å². The molecule has 2 aliphatic rings. The Morgan fingerprint density at radius 3 is 2.61 bits per heavy atom. The molecule has 0 aromatic heterocycles. The first kappa shape index (κ1) is 17.8. The van der Waals surface area contributed by atoms with Gasteiger partial charge in [-0.15, -0.1) is 6.58 Å². The van der Waals surface area contributed by atoms with Gasteiger partial charge in [-0.25, -0.2) is 9.59 Å². The maximum Gasteiger partial charge on any atom is 0.326 e. The summed E-state index contributed by atoms with van der Waals surface area (Å²) in [5.41, 5.74) is 0. The Bertz CT molecular complexity index is 415. The molecule has 0 radical (unpaired) electrons. The van der Waals surface area contributed by atoms with Crippen molar-refractivity contribution in [2.45, 2.75) is 57.1 Å². The fourth-order valence-electron chi connectivity index (χ4n) is 3.26. The second-order valence-electron chi connectivity index (χ2n) is 6.49. The molecule has 1 saturated carbocycles. The molecule has 0 spiro atoms. The van der Waals surface area contributed by atoms with E-state index >= 15 is 0 Å². The largest absolute Gasteiger partial charge is 0.480 e. The van der Waals surface area contributed by atoms with Crippen LogP contribution in [-0.4, -0.2) is 53.8 Å². The Labute approximate surface area is 137 Å². The number of nitrogens with zero attached hydrogens (tertiary/aromatic N) is 1. The highest BCUT2D eigenvalue weighted by Crippen LogP contribution is 2.27. The molecular weight excluding hydrogens is 296 g/mol. The fraction of sp³-hybridized carbons (Fsp3) is 0.765. The van der Waals surface area contributed by atoms with Crippen LogP contribution in [0.5, 0.6) is 0 Å². The topological polar surface area (TPSA) is 78.9 Å². The van der Waals surface area contributed by atoms with Gasteiger partial charge >= 0.3 is 12.0 Å². The third kappa shape index (κ3) is 5.23. The predicted molar refractivity (Wildman–Crippen MR) is 87.3 cm³/mol. The second-order valence-corrected chi connectivity index (χ2v) is 6.49. The summed E-state index contributed by atoms with van der Waals surface area (Å²) in [5.74, 6) is -0.875. The molecule has 6 heteroatoms. The van der Waals surface area contributed by atoms with Gasteiger partial charge in [0.15, 0.2) is 0 Å². The second kappa shape index (κ2) is 8.91. The van der Waals surface area contributed by atoms with E-state index in [0.717, 1.165) is 44.9 Å². The number of allylic oxidation sites excluding steroid dienone is 1. The number of carbonyl (C=O) groups excluding carboxylic acids is 1. The number of rotatable bonds is 8. The van der Waals surface area contributed by atoms with Crippen molar-refractivity contribution in [2.75, 3.05) is 19.7 Å². The number of hydrogen-bond donors (Lipinski definition) is 2. The first-order chi connectivity index (χ1) is 11.1. The first-order valence-corrected chi connectivity index (χ1v) is 8.62. The summed E-state index contributed by atoms with van der Waals surface area (Å²) < 4.78 is 5.64. The van der Waals surface area contributed by atoms with E-state index in [9.17, 15) is 14.7 Å². The molecule has 2 amide bonds. The van der Waals surface area contributed by atoms with Crippen molar-refractivity contribution in [3.05, 3.63) is 12.7 Å². The van der Waals surface area contributed by atoms with Crippen molar-refractivity contribution >= 4 is 12.0 Å². The molecule has 0 aromatic carbocycles. The maximum atomic E-state index is 12.2. The molecule has 1 unspecified atom stereocenters. The predicted octanol–water partition coefficient (Wildman–Crippen LogP) is 2.40. The number of carbonyl (C=O) groups is 2. The van der Waals surface area contributed by atoms with Gasteiger partial charge in [-0.1, -0.05) is 25.3 Å². The molecule has 1 heterocycles. The molecule has 2 N–H and O–H groups in total. The summed E-state index contributed by atoms with van der Waals surface area (Å²) in [7, 11) is 0. The molecule has 1 aliphatic carbocycles. The lowest BCUT2D eigenvalue weighted by molar-refractivity contribution is -0.141. The van der Waals surface area contributed by atoms with Gasteiger partial charge in [0.1, 0.15) is 6.04 Å². The number of hydrogen-bond acceptors (Lipinski definition) is 3. The monoisotopic (exact) mass is 324 g/mol. The highest BCUT2D eigenvalue weighted by Gasteiger charge is 2.36. The standard InChI is InChI=1S/C17H28N2O4/c1-2-3-7-10-23-14-11-19(12-14)17(22)18-15(16(20)21)13-8-5-4-6-9-13/h2,13-15H,1,3-12H2,(H,18,22)(H,20,21). The minimum atomic E-state index is -0.928. The van der Waals surface area contributed by atoms with Crippen molar-refractivity contribution < 1.29 is 19.4 Å².